The van der Waals surface area contributed by atoms with Crippen LogP contribution in [-0.4, -0.2) is 53.8 Å². The van der Waals surface area contributed by atoms with E-state index < -0.39 is 11.7 Å². The fraction of sp³-hybridized carbons (Fsp3) is 0.333. The highest BCUT2D eigenvalue weighted by Gasteiger charge is 2.29. The number of likely N-dealkylation sites (tertiary alicyclic amines) is 1. The van der Waals surface area contributed by atoms with Crippen molar-refractivity contribution >= 4 is 46.4 Å². The van der Waals surface area contributed by atoms with Crippen LogP contribution in [0.3, 0.4) is 0 Å². The minimum absolute atomic E-state index is 0.0381. The first-order chi connectivity index (χ1) is 18.7. The maximum absolute atomic E-state index is 15.3. The fourth-order valence-corrected chi connectivity index (χ4v) is 5.55. The van der Waals surface area contributed by atoms with Crippen molar-refractivity contribution in [3.05, 3.63) is 93.2 Å². The number of nitrogens with two attached hydrogens (primary N) is 1. The van der Waals surface area contributed by atoms with Gasteiger partial charge in [-0.2, -0.15) is 0 Å². The lowest BCUT2D eigenvalue weighted by molar-refractivity contribution is 0.0772. The molecule has 0 spiro atoms. The Morgan fingerprint density at radius 2 is 1.59 bits per heavy atom. The summed E-state index contributed by atoms with van der Waals surface area (Å²) in [5.41, 5.74) is 8.36. The molecule has 1 heterocycles. The van der Waals surface area contributed by atoms with E-state index in [2.05, 4.69) is 4.90 Å². The van der Waals surface area contributed by atoms with E-state index in [-0.39, 0.29) is 23.2 Å². The van der Waals surface area contributed by atoms with Crippen LogP contribution in [0.25, 0.3) is 0 Å². The van der Waals surface area contributed by atoms with E-state index >= 15 is 4.39 Å². The normalized spacial score (nSPS) is 14.3. The van der Waals surface area contributed by atoms with Gasteiger partial charge in [0.15, 0.2) is 0 Å². The number of benzene rings is 3. The SMILES string of the molecule is CCN(CC)C(=O)c1ccc(N(c2cc(C(N)=O)ccc2F)C2CCN(Cc3ccc(Cl)cc3Cl)CC2)cc1. The van der Waals surface area contributed by atoms with E-state index in [4.69, 9.17) is 28.9 Å². The van der Waals surface area contributed by atoms with Crippen LogP contribution in [0, 0.1) is 5.82 Å². The van der Waals surface area contributed by atoms with E-state index in [0.29, 0.717) is 35.2 Å². The summed E-state index contributed by atoms with van der Waals surface area (Å²) < 4.78 is 15.3. The van der Waals surface area contributed by atoms with Gasteiger partial charge < -0.3 is 15.5 Å². The van der Waals surface area contributed by atoms with Crippen molar-refractivity contribution in [1.29, 1.82) is 0 Å². The lowest BCUT2D eigenvalue weighted by atomic mass is 9.99. The number of anilines is 2. The van der Waals surface area contributed by atoms with Gasteiger partial charge in [-0.15, -0.1) is 0 Å². The predicted molar refractivity (Wildman–Crippen MR) is 156 cm³/mol. The van der Waals surface area contributed by atoms with E-state index in [1.165, 1.54) is 18.2 Å². The predicted octanol–water partition coefficient (Wildman–Crippen LogP) is 6.52. The largest absolute Gasteiger partial charge is 0.366 e. The fourth-order valence-electron chi connectivity index (χ4n) is 5.08. The van der Waals surface area contributed by atoms with Crippen molar-refractivity contribution in [3.8, 4) is 0 Å². The minimum Gasteiger partial charge on any atom is -0.366 e. The van der Waals surface area contributed by atoms with Gasteiger partial charge in [0.05, 0.1) is 5.69 Å². The molecule has 3 aromatic carbocycles. The molecule has 0 bridgehead atoms. The van der Waals surface area contributed by atoms with Crippen molar-refractivity contribution in [2.24, 2.45) is 5.73 Å². The first kappa shape index (κ1) is 28.9. The standard InChI is InChI=1S/C30H33Cl2FN4O2/c1-3-36(4-2)30(39)20-6-10-24(11-7-20)37(28-17-21(29(34)38)8-12-27(28)33)25-13-15-35(16-14-25)19-22-5-9-23(31)18-26(22)32/h5-12,17-18,25H,3-4,13-16,19H2,1-2H3,(H2,34,38). The van der Waals surface area contributed by atoms with E-state index in [9.17, 15) is 9.59 Å². The second kappa shape index (κ2) is 12.8. The Hall–Kier alpha value is -3.13. The van der Waals surface area contributed by atoms with Crippen LogP contribution in [0.1, 0.15) is 53.0 Å². The zero-order valence-corrected chi connectivity index (χ0v) is 23.7. The number of hydrogen-bond acceptors (Lipinski definition) is 4. The number of halogens is 3. The third-order valence-corrected chi connectivity index (χ3v) is 7.85. The quantitative estimate of drug-likeness (QED) is 0.318. The first-order valence-electron chi connectivity index (χ1n) is 13.2. The number of piperidine rings is 1. The molecule has 1 saturated heterocycles. The van der Waals surface area contributed by atoms with Crippen LogP contribution in [-0.2, 0) is 6.54 Å². The lowest BCUT2D eigenvalue weighted by Crippen LogP contribution is -2.43. The molecule has 0 atom stereocenters. The summed E-state index contributed by atoms with van der Waals surface area (Å²) in [6.07, 6.45) is 1.51. The van der Waals surface area contributed by atoms with Crippen LogP contribution in [0.15, 0.2) is 60.7 Å². The second-order valence-corrected chi connectivity index (χ2v) is 10.5. The molecule has 9 heteroatoms. The van der Waals surface area contributed by atoms with Crippen molar-refractivity contribution in [3.63, 3.8) is 0 Å². The van der Waals surface area contributed by atoms with E-state index in [1.54, 1.807) is 23.1 Å². The Kier molecular flexibility index (Phi) is 9.49. The zero-order chi connectivity index (χ0) is 28.1. The highest BCUT2D eigenvalue weighted by molar-refractivity contribution is 6.35. The van der Waals surface area contributed by atoms with Gasteiger partial charge in [0.2, 0.25) is 5.91 Å². The monoisotopic (exact) mass is 570 g/mol. The molecule has 2 N–H and O–H groups in total. The molecule has 39 heavy (non-hydrogen) atoms. The summed E-state index contributed by atoms with van der Waals surface area (Å²) >= 11 is 12.4. The van der Waals surface area contributed by atoms with Crippen LogP contribution >= 0.6 is 23.2 Å². The number of hydrogen-bond donors (Lipinski definition) is 1. The van der Waals surface area contributed by atoms with Gasteiger partial charge in [-0.1, -0.05) is 29.3 Å². The average Bonchev–Trinajstić information content (AvgIpc) is 2.93. The molecule has 0 unspecified atom stereocenters. The van der Waals surface area contributed by atoms with E-state index in [1.807, 2.05) is 43.0 Å². The average molecular weight is 572 g/mol. The number of amides is 2. The molecular weight excluding hydrogens is 538 g/mol. The summed E-state index contributed by atoms with van der Waals surface area (Å²) in [6.45, 7) is 7.36. The Bertz CT molecular complexity index is 1320. The van der Waals surface area contributed by atoms with Gasteiger partial charge in [-0.25, -0.2) is 4.39 Å². The molecular formula is C30H33Cl2FN4O2. The highest BCUT2D eigenvalue weighted by Crippen LogP contribution is 2.35. The van der Waals surface area contributed by atoms with Gasteiger partial charge >= 0.3 is 0 Å². The Balaban J connectivity index is 1.61. The summed E-state index contributed by atoms with van der Waals surface area (Å²) in [4.78, 5) is 30.8. The van der Waals surface area contributed by atoms with Crippen molar-refractivity contribution in [1.82, 2.24) is 9.80 Å². The summed E-state index contributed by atoms with van der Waals surface area (Å²) in [7, 11) is 0. The van der Waals surface area contributed by atoms with Crippen molar-refractivity contribution in [2.75, 3.05) is 31.1 Å². The molecule has 0 aromatic heterocycles. The zero-order valence-electron chi connectivity index (χ0n) is 22.2. The van der Waals surface area contributed by atoms with E-state index in [0.717, 1.165) is 37.2 Å². The number of primary amides is 1. The molecule has 1 aliphatic rings. The maximum atomic E-state index is 15.3. The highest BCUT2D eigenvalue weighted by atomic mass is 35.5. The molecule has 4 rings (SSSR count). The molecule has 206 valence electrons. The topological polar surface area (TPSA) is 69.9 Å². The molecule has 1 fully saturated rings. The lowest BCUT2D eigenvalue weighted by Gasteiger charge is -2.40. The van der Waals surface area contributed by atoms with Crippen LogP contribution in [0.4, 0.5) is 15.8 Å². The van der Waals surface area contributed by atoms with Crippen LogP contribution < -0.4 is 10.6 Å². The number of carbonyl (C=O) groups is 2. The van der Waals surface area contributed by atoms with Gasteiger partial charge in [0.1, 0.15) is 5.82 Å². The first-order valence-corrected chi connectivity index (χ1v) is 13.9. The molecule has 0 radical (unpaired) electrons. The van der Waals surface area contributed by atoms with Crippen molar-refractivity contribution < 1.29 is 14.0 Å². The second-order valence-electron chi connectivity index (χ2n) is 9.67. The maximum Gasteiger partial charge on any atom is 0.253 e. The molecule has 2 amide bonds. The van der Waals surface area contributed by atoms with Gasteiger partial charge in [-0.05, 0) is 86.8 Å². The van der Waals surface area contributed by atoms with Crippen molar-refractivity contribution in [2.45, 2.75) is 39.3 Å². The Labute approximate surface area is 239 Å². The summed E-state index contributed by atoms with van der Waals surface area (Å²) in [5, 5.41) is 1.24. The number of rotatable bonds is 9. The van der Waals surface area contributed by atoms with Crippen LogP contribution in [0.5, 0.6) is 0 Å². The van der Waals surface area contributed by atoms with Crippen LogP contribution in [0.2, 0.25) is 10.0 Å². The van der Waals surface area contributed by atoms with Gasteiger partial charge in [0, 0.05) is 65.6 Å². The molecule has 1 aliphatic heterocycles. The molecule has 0 saturated carbocycles. The van der Waals surface area contributed by atoms with Gasteiger partial charge in [0.25, 0.3) is 5.91 Å². The Morgan fingerprint density at radius 3 is 2.18 bits per heavy atom. The summed E-state index contributed by atoms with van der Waals surface area (Å²) in [5.74, 6) is -1.11. The number of nitrogens with zero attached hydrogens (tertiary/aromatic N) is 3. The Morgan fingerprint density at radius 1 is 0.949 bits per heavy atom. The third kappa shape index (κ3) is 6.72. The van der Waals surface area contributed by atoms with Gasteiger partial charge in [-0.3, -0.25) is 14.5 Å². The molecule has 6 nitrogen and oxygen atoms in total. The summed E-state index contributed by atoms with van der Waals surface area (Å²) in [6, 6.07) is 16.9. The molecule has 0 aliphatic carbocycles. The molecule has 3 aromatic rings. The minimum atomic E-state index is -0.619. The third-order valence-electron chi connectivity index (χ3n) is 7.26. The number of carbonyl (C=O) groups excluding carboxylic acids is 2. The smallest absolute Gasteiger partial charge is 0.253 e.